The fourth-order valence-corrected chi connectivity index (χ4v) is 3.86. The number of carbonyl (C=O) groups is 2. The van der Waals surface area contributed by atoms with Crippen molar-refractivity contribution in [1.29, 1.82) is 0 Å². The molecule has 150 valence electrons. The number of amides is 2. The van der Waals surface area contributed by atoms with Gasteiger partial charge in [-0.3, -0.25) is 9.59 Å². The molecule has 1 aliphatic rings. The van der Waals surface area contributed by atoms with Gasteiger partial charge in [-0.2, -0.15) is 0 Å². The molecule has 3 aromatic rings. The van der Waals surface area contributed by atoms with E-state index in [1.165, 1.54) is 12.1 Å². The van der Waals surface area contributed by atoms with Crippen molar-refractivity contribution in [2.45, 2.75) is 19.3 Å². The van der Waals surface area contributed by atoms with Gasteiger partial charge in [0, 0.05) is 37.1 Å². The molecule has 2 heterocycles. The van der Waals surface area contributed by atoms with Crippen molar-refractivity contribution >= 4 is 22.7 Å². The Morgan fingerprint density at radius 1 is 0.931 bits per heavy atom. The fraction of sp³-hybridized carbons (Fsp3) is 0.304. The third-order valence-corrected chi connectivity index (χ3v) is 5.72. The summed E-state index contributed by atoms with van der Waals surface area (Å²) < 4.78 is 13.2. The number of rotatable bonds is 3. The Morgan fingerprint density at radius 3 is 2.21 bits per heavy atom. The van der Waals surface area contributed by atoms with Crippen molar-refractivity contribution in [3.8, 4) is 0 Å². The molecule has 0 spiro atoms. The normalized spacial score (nSPS) is 15.0. The Kier molecular flexibility index (Phi) is 4.86. The molecule has 0 unspecified atom stereocenters. The molecular weight excluding hydrogens is 369 g/mol. The van der Waals surface area contributed by atoms with Crippen LogP contribution in [0.15, 0.2) is 54.6 Å². The smallest absolute Gasteiger partial charge is 0.270 e. The fourth-order valence-electron chi connectivity index (χ4n) is 3.86. The van der Waals surface area contributed by atoms with Crippen molar-refractivity contribution in [2.75, 3.05) is 26.2 Å². The molecule has 1 saturated heterocycles. The Bertz CT molecular complexity index is 1010. The second kappa shape index (κ2) is 7.35. The molecule has 0 aliphatic carbocycles. The Morgan fingerprint density at radius 2 is 1.55 bits per heavy atom. The molecule has 29 heavy (non-hydrogen) atoms. The molecule has 2 amide bonds. The van der Waals surface area contributed by atoms with Crippen LogP contribution in [0, 0.1) is 5.82 Å². The van der Waals surface area contributed by atoms with Crippen LogP contribution >= 0.6 is 0 Å². The van der Waals surface area contributed by atoms with Crippen LogP contribution in [0.5, 0.6) is 0 Å². The first-order valence-corrected chi connectivity index (χ1v) is 9.79. The quantitative estimate of drug-likeness (QED) is 0.740. The predicted octanol–water partition coefficient (Wildman–Crippen LogP) is 3.57. The number of hydrogen-bond donors (Lipinski definition) is 1. The van der Waals surface area contributed by atoms with Crippen LogP contribution in [0.1, 0.15) is 29.9 Å². The van der Waals surface area contributed by atoms with Crippen LogP contribution in [-0.4, -0.2) is 52.8 Å². The summed E-state index contributed by atoms with van der Waals surface area (Å²) in [6.45, 7) is 5.64. The molecule has 0 saturated carbocycles. The highest BCUT2D eigenvalue weighted by atomic mass is 19.1. The highest BCUT2D eigenvalue weighted by molar-refractivity contribution is 5.98. The molecule has 0 bridgehead atoms. The van der Waals surface area contributed by atoms with E-state index in [9.17, 15) is 14.0 Å². The third-order valence-electron chi connectivity index (χ3n) is 5.72. The lowest BCUT2D eigenvalue weighted by atomic mass is 9.83. The molecule has 2 aromatic carbocycles. The summed E-state index contributed by atoms with van der Waals surface area (Å²) in [6.07, 6.45) is 0. The molecule has 1 fully saturated rings. The number of carbonyl (C=O) groups excluding carboxylic acids is 2. The van der Waals surface area contributed by atoms with Gasteiger partial charge in [0.25, 0.3) is 5.91 Å². The lowest BCUT2D eigenvalue weighted by molar-refractivity contribution is -0.137. The lowest BCUT2D eigenvalue weighted by Gasteiger charge is -2.38. The van der Waals surface area contributed by atoms with Crippen molar-refractivity contribution in [1.82, 2.24) is 14.8 Å². The number of benzene rings is 2. The maximum absolute atomic E-state index is 13.2. The number of para-hydroxylation sites is 1. The zero-order valence-electron chi connectivity index (χ0n) is 16.6. The van der Waals surface area contributed by atoms with E-state index in [2.05, 4.69) is 4.98 Å². The van der Waals surface area contributed by atoms with E-state index in [0.717, 1.165) is 16.5 Å². The van der Waals surface area contributed by atoms with Gasteiger partial charge in [0.2, 0.25) is 5.91 Å². The Balaban J connectivity index is 1.42. The Labute approximate surface area is 169 Å². The second-order valence-corrected chi connectivity index (χ2v) is 7.99. The number of hydrogen-bond acceptors (Lipinski definition) is 2. The monoisotopic (exact) mass is 393 g/mol. The van der Waals surface area contributed by atoms with Gasteiger partial charge in [0.05, 0.1) is 5.41 Å². The standard InChI is InChI=1S/C23H24FN3O2/c1-23(2,17-7-9-18(24)10-8-17)22(29)27-13-11-26(12-14-27)21(28)20-15-16-5-3-4-6-19(16)25-20/h3-10,15,25H,11-14H2,1-2H3. The highest BCUT2D eigenvalue weighted by Gasteiger charge is 2.36. The summed E-state index contributed by atoms with van der Waals surface area (Å²) in [5.74, 6) is -0.381. The van der Waals surface area contributed by atoms with E-state index < -0.39 is 5.41 Å². The van der Waals surface area contributed by atoms with Crippen molar-refractivity contribution in [3.05, 3.63) is 71.7 Å². The van der Waals surface area contributed by atoms with E-state index in [4.69, 9.17) is 0 Å². The zero-order valence-corrected chi connectivity index (χ0v) is 16.6. The average Bonchev–Trinajstić information content (AvgIpc) is 3.17. The first kappa shape index (κ1) is 19.2. The minimum absolute atomic E-state index is 0.0122. The molecule has 1 N–H and O–H groups in total. The maximum atomic E-state index is 13.2. The second-order valence-electron chi connectivity index (χ2n) is 7.99. The molecule has 1 aromatic heterocycles. The summed E-state index contributed by atoms with van der Waals surface area (Å²) in [5, 5.41) is 1.01. The third kappa shape index (κ3) is 3.62. The van der Waals surface area contributed by atoms with Gasteiger partial charge in [0.1, 0.15) is 11.5 Å². The van der Waals surface area contributed by atoms with Gasteiger partial charge in [-0.1, -0.05) is 30.3 Å². The molecule has 0 atom stereocenters. The minimum Gasteiger partial charge on any atom is -0.351 e. The van der Waals surface area contributed by atoms with Crippen LogP contribution < -0.4 is 0 Å². The van der Waals surface area contributed by atoms with Crippen LogP contribution in [-0.2, 0) is 10.2 Å². The summed E-state index contributed by atoms with van der Waals surface area (Å²) in [6, 6.07) is 15.7. The number of halogens is 1. The minimum atomic E-state index is -0.753. The van der Waals surface area contributed by atoms with Gasteiger partial charge in [-0.05, 0) is 43.7 Å². The van der Waals surface area contributed by atoms with Gasteiger partial charge < -0.3 is 14.8 Å². The van der Waals surface area contributed by atoms with Crippen molar-refractivity contribution in [3.63, 3.8) is 0 Å². The maximum Gasteiger partial charge on any atom is 0.270 e. The van der Waals surface area contributed by atoms with E-state index in [-0.39, 0.29) is 17.6 Å². The number of nitrogens with zero attached hydrogens (tertiary/aromatic N) is 2. The van der Waals surface area contributed by atoms with Crippen LogP contribution in [0.3, 0.4) is 0 Å². The van der Waals surface area contributed by atoms with E-state index in [1.807, 2.05) is 44.2 Å². The van der Waals surface area contributed by atoms with Gasteiger partial charge >= 0.3 is 0 Å². The van der Waals surface area contributed by atoms with E-state index in [0.29, 0.717) is 31.9 Å². The largest absolute Gasteiger partial charge is 0.351 e. The molecular formula is C23H24FN3O2. The summed E-state index contributed by atoms with van der Waals surface area (Å²) in [7, 11) is 0. The molecule has 0 radical (unpaired) electrons. The highest BCUT2D eigenvalue weighted by Crippen LogP contribution is 2.27. The number of fused-ring (bicyclic) bond motifs is 1. The number of aromatic nitrogens is 1. The molecule has 5 nitrogen and oxygen atoms in total. The lowest BCUT2D eigenvalue weighted by Crippen LogP contribution is -2.54. The van der Waals surface area contributed by atoms with Crippen LogP contribution in [0.4, 0.5) is 4.39 Å². The SMILES string of the molecule is CC(C)(C(=O)N1CCN(C(=O)c2cc3ccccc3[nH]2)CC1)c1ccc(F)cc1. The van der Waals surface area contributed by atoms with Crippen molar-refractivity contribution < 1.29 is 14.0 Å². The number of aromatic amines is 1. The van der Waals surface area contributed by atoms with Gasteiger partial charge in [0.15, 0.2) is 0 Å². The molecule has 6 heteroatoms. The summed E-state index contributed by atoms with van der Waals surface area (Å²) in [4.78, 5) is 32.7. The van der Waals surface area contributed by atoms with Crippen molar-refractivity contribution in [2.24, 2.45) is 0 Å². The number of nitrogens with one attached hydrogen (secondary N) is 1. The topological polar surface area (TPSA) is 56.4 Å². The zero-order chi connectivity index (χ0) is 20.6. The van der Waals surface area contributed by atoms with Crippen LogP contribution in [0.2, 0.25) is 0 Å². The Hall–Kier alpha value is -3.15. The predicted molar refractivity (Wildman–Crippen MR) is 110 cm³/mol. The van der Waals surface area contributed by atoms with Gasteiger partial charge in [-0.25, -0.2) is 4.39 Å². The van der Waals surface area contributed by atoms with E-state index >= 15 is 0 Å². The van der Waals surface area contributed by atoms with E-state index in [1.54, 1.807) is 21.9 Å². The summed E-state index contributed by atoms with van der Waals surface area (Å²) >= 11 is 0. The summed E-state index contributed by atoms with van der Waals surface area (Å²) in [5.41, 5.74) is 1.53. The molecule has 1 aliphatic heterocycles. The van der Waals surface area contributed by atoms with Gasteiger partial charge in [-0.15, -0.1) is 0 Å². The number of piperazine rings is 1. The first-order valence-electron chi connectivity index (χ1n) is 9.79. The molecule has 4 rings (SSSR count). The average molecular weight is 393 g/mol. The number of H-pyrrole nitrogens is 1. The van der Waals surface area contributed by atoms with Crippen LogP contribution in [0.25, 0.3) is 10.9 Å². The first-order chi connectivity index (χ1) is 13.9.